The first-order valence-electron chi connectivity index (χ1n) is 10.3. The van der Waals surface area contributed by atoms with Gasteiger partial charge in [-0.2, -0.15) is 14.2 Å². The standard InChI is InChI=1S/C20H28N4O8/c1-5-30-18(26)20(11-16(20)14(2)3)22-19(27)31-13-23-9-6-7-15(12-23)17(25)21-8-10-32-24(28)29-4/h6-7,9,12,14,16H,5,8,10-11,13H2,1-4H3/p+2. The fourth-order valence-electron chi connectivity index (χ4n) is 3.31. The van der Waals surface area contributed by atoms with E-state index >= 15 is 0 Å². The Labute approximate surface area is 185 Å². The minimum atomic E-state index is -1.06. The lowest BCUT2D eigenvalue weighted by atomic mass is 10.0. The summed E-state index contributed by atoms with van der Waals surface area (Å²) in [6.07, 6.45) is 2.87. The summed E-state index contributed by atoms with van der Waals surface area (Å²) in [5.41, 5.74) is -0.745. The van der Waals surface area contributed by atoms with Crippen molar-refractivity contribution in [3.8, 4) is 0 Å². The first-order chi connectivity index (χ1) is 15.2. The molecule has 0 radical (unpaired) electrons. The predicted octanol–water partition coefficient (Wildman–Crippen LogP) is 0.637. The van der Waals surface area contributed by atoms with Crippen LogP contribution in [0.15, 0.2) is 24.5 Å². The monoisotopic (exact) mass is 454 g/mol. The Morgan fingerprint density at radius 2 is 2.06 bits per heavy atom. The van der Waals surface area contributed by atoms with Gasteiger partial charge in [-0.15, -0.1) is 0 Å². The lowest BCUT2D eigenvalue weighted by Gasteiger charge is -2.18. The largest absolute Gasteiger partial charge is 0.477 e. The topological polar surface area (TPSA) is 136 Å². The molecule has 1 aliphatic rings. The zero-order valence-electron chi connectivity index (χ0n) is 18.7. The van der Waals surface area contributed by atoms with Gasteiger partial charge in [0.2, 0.25) is 0 Å². The number of hydrogen-bond acceptors (Lipinski definition) is 8. The van der Waals surface area contributed by atoms with Crippen molar-refractivity contribution in [3.63, 3.8) is 0 Å². The van der Waals surface area contributed by atoms with E-state index in [1.165, 1.54) is 10.8 Å². The molecule has 12 nitrogen and oxygen atoms in total. The van der Waals surface area contributed by atoms with Crippen molar-refractivity contribution in [3.05, 3.63) is 35.0 Å². The number of pyridine rings is 1. The van der Waals surface area contributed by atoms with Gasteiger partial charge >= 0.3 is 17.1 Å². The third kappa shape index (κ3) is 6.53. The SMILES string of the molecule is CCOC(=O)C1(NC(=O)OC[n+]2cccc(C(=O)NCCO[N+](=O)OC)c2)CC1C(C)C. The number of aromatic nitrogens is 1. The number of nitrogens with zero attached hydrogens (tertiary/aromatic N) is 2. The van der Waals surface area contributed by atoms with E-state index in [-0.39, 0.29) is 43.4 Å². The quantitative estimate of drug-likeness (QED) is 0.203. The second-order valence-electron chi connectivity index (χ2n) is 7.53. The lowest BCUT2D eigenvalue weighted by Crippen LogP contribution is -2.48. The maximum Gasteiger partial charge on any atom is 0.477 e. The van der Waals surface area contributed by atoms with Crippen LogP contribution in [0.2, 0.25) is 0 Å². The molecule has 12 heteroatoms. The Morgan fingerprint density at radius 1 is 1.31 bits per heavy atom. The molecule has 2 unspecified atom stereocenters. The molecule has 0 bridgehead atoms. The highest BCUT2D eigenvalue weighted by molar-refractivity contribution is 5.93. The number of alkyl carbamates (subject to hydrolysis) is 1. The van der Waals surface area contributed by atoms with Crippen molar-refractivity contribution in [1.82, 2.24) is 10.6 Å². The third-order valence-electron chi connectivity index (χ3n) is 4.98. The van der Waals surface area contributed by atoms with Gasteiger partial charge in [0.05, 0.1) is 13.2 Å². The van der Waals surface area contributed by atoms with Crippen molar-refractivity contribution in [2.24, 2.45) is 11.8 Å². The summed E-state index contributed by atoms with van der Waals surface area (Å²) in [5.74, 6) is -0.686. The maximum atomic E-state index is 12.4. The minimum Gasteiger partial charge on any atom is -0.464 e. The Hall–Kier alpha value is -3.44. The molecule has 176 valence electrons. The number of carbonyl (C=O) groups is 3. The first kappa shape index (κ1) is 24.8. The van der Waals surface area contributed by atoms with Crippen LogP contribution in [0, 0.1) is 16.7 Å². The number of rotatable bonds is 12. The van der Waals surface area contributed by atoms with Crippen LogP contribution in [0.4, 0.5) is 4.79 Å². The molecule has 2 rings (SSSR count). The molecule has 1 aromatic heterocycles. The van der Waals surface area contributed by atoms with Crippen LogP contribution in [-0.4, -0.2) is 55.5 Å². The number of nitrogens with one attached hydrogen (secondary N) is 2. The minimum absolute atomic E-state index is 0.0182. The van der Waals surface area contributed by atoms with Gasteiger partial charge in [-0.05, 0) is 31.2 Å². The van der Waals surface area contributed by atoms with Crippen LogP contribution in [0.25, 0.3) is 0 Å². The number of amides is 2. The molecule has 1 heterocycles. The molecule has 1 fully saturated rings. The zero-order chi connectivity index (χ0) is 23.7. The van der Waals surface area contributed by atoms with Crippen LogP contribution in [0.5, 0.6) is 0 Å². The molecule has 1 aromatic rings. The smallest absolute Gasteiger partial charge is 0.464 e. The van der Waals surface area contributed by atoms with E-state index in [4.69, 9.17) is 9.47 Å². The molecule has 0 aromatic carbocycles. The summed E-state index contributed by atoms with van der Waals surface area (Å²) in [4.78, 5) is 56.5. The molecule has 2 N–H and O–H groups in total. The van der Waals surface area contributed by atoms with Crippen molar-refractivity contribution in [2.75, 3.05) is 26.9 Å². The zero-order valence-corrected chi connectivity index (χ0v) is 18.7. The van der Waals surface area contributed by atoms with Crippen molar-refractivity contribution in [2.45, 2.75) is 39.5 Å². The van der Waals surface area contributed by atoms with Crippen LogP contribution in [0.1, 0.15) is 37.6 Å². The number of carbonyl (C=O) groups excluding carboxylic acids is 3. The van der Waals surface area contributed by atoms with Gasteiger partial charge in [0.1, 0.15) is 16.0 Å². The Bertz CT molecular complexity index is 847. The molecular weight excluding hydrogens is 424 g/mol. The molecule has 2 amide bonds. The van der Waals surface area contributed by atoms with Crippen molar-refractivity contribution < 1.29 is 43.2 Å². The fourth-order valence-corrected chi connectivity index (χ4v) is 3.31. The highest BCUT2D eigenvalue weighted by atomic mass is 17.0. The van der Waals surface area contributed by atoms with Crippen LogP contribution >= 0.6 is 0 Å². The molecule has 0 spiro atoms. The van der Waals surface area contributed by atoms with Gasteiger partial charge in [0, 0.05) is 6.07 Å². The normalized spacial score (nSPS) is 19.0. The molecule has 0 saturated heterocycles. The lowest BCUT2D eigenvalue weighted by molar-refractivity contribution is -0.976. The summed E-state index contributed by atoms with van der Waals surface area (Å²) in [6.45, 7) is 5.74. The summed E-state index contributed by atoms with van der Waals surface area (Å²) in [6, 6.07) is 3.20. The summed E-state index contributed by atoms with van der Waals surface area (Å²) >= 11 is 0. The van der Waals surface area contributed by atoms with Gasteiger partial charge in [0.25, 0.3) is 12.6 Å². The van der Waals surface area contributed by atoms with Crippen molar-refractivity contribution >= 4 is 18.0 Å². The Kier molecular flexibility index (Phi) is 8.73. The molecule has 1 aliphatic carbocycles. The Balaban J connectivity index is 1.87. The van der Waals surface area contributed by atoms with Crippen molar-refractivity contribution in [1.29, 1.82) is 0 Å². The van der Waals surface area contributed by atoms with E-state index in [0.717, 1.165) is 7.11 Å². The summed E-state index contributed by atoms with van der Waals surface area (Å²) in [7, 11) is 1.15. The van der Waals surface area contributed by atoms with E-state index < -0.39 is 23.5 Å². The molecule has 2 atom stereocenters. The van der Waals surface area contributed by atoms with E-state index in [9.17, 15) is 19.3 Å². The number of esters is 1. The van der Waals surface area contributed by atoms with Gasteiger partial charge in [-0.1, -0.05) is 13.8 Å². The van der Waals surface area contributed by atoms with Crippen LogP contribution in [0.3, 0.4) is 0 Å². The van der Waals surface area contributed by atoms with E-state index in [1.807, 2.05) is 13.8 Å². The second-order valence-corrected chi connectivity index (χ2v) is 7.53. The molecule has 1 saturated carbocycles. The first-order valence-corrected chi connectivity index (χ1v) is 10.3. The van der Waals surface area contributed by atoms with Gasteiger partial charge < -0.3 is 20.1 Å². The number of ether oxygens (including phenoxy) is 2. The Morgan fingerprint density at radius 3 is 2.69 bits per heavy atom. The van der Waals surface area contributed by atoms with E-state index in [1.54, 1.807) is 25.3 Å². The molecule has 0 aliphatic heterocycles. The second kappa shape index (κ2) is 11.3. The van der Waals surface area contributed by atoms with Gasteiger partial charge in [0.15, 0.2) is 26.1 Å². The molecular formula is C20H30N4O8+2. The number of hydrogen-bond donors (Lipinski definition) is 2. The third-order valence-corrected chi connectivity index (χ3v) is 4.98. The average Bonchev–Trinajstić information content (AvgIpc) is 3.51. The summed E-state index contributed by atoms with van der Waals surface area (Å²) in [5, 5.41) is 5.17. The van der Waals surface area contributed by atoms with Gasteiger partial charge in [-0.3, -0.25) is 4.79 Å². The summed E-state index contributed by atoms with van der Waals surface area (Å²) < 4.78 is 11.9. The van der Waals surface area contributed by atoms with Crippen LogP contribution in [-0.2, 0) is 30.7 Å². The fraction of sp³-hybridized carbons (Fsp3) is 0.600. The van der Waals surface area contributed by atoms with Crippen LogP contribution < -0.4 is 15.2 Å². The molecule has 32 heavy (non-hydrogen) atoms. The van der Waals surface area contributed by atoms with E-state index in [0.29, 0.717) is 12.0 Å². The predicted molar refractivity (Wildman–Crippen MR) is 107 cm³/mol. The maximum absolute atomic E-state index is 12.4. The van der Waals surface area contributed by atoms with E-state index in [2.05, 4.69) is 20.3 Å². The highest BCUT2D eigenvalue weighted by Crippen LogP contribution is 2.49. The highest BCUT2D eigenvalue weighted by Gasteiger charge is 2.63. The van der Waals surface area contributed by atoms with Gasteiger partial charge in [-0.25, -0.2) is 9.59 Å². The average molecular weight is 454 g/mol.